The van der Waals surface area contributed by atoms with E-state index in [4.69, 9.17) is 5.84 Å². The molecule has 5 heteroatoms. The molecule has 1 heterocycles. The van der Waals surface area contributed by atoms with E-state index in [1.165, 1.54) is 5.56 Å². The van der Waals surface area contributed by atoms with Crippen LogP contribution < -0.4 is 11.3 Å². The van der Waals surface area contributed by atoms with Crippen LogP contribution in [0.3, 0.4) is 0 Å². The largest absolute Gasteiger partial charge is 0.304 e. The van der Waals surface area contributed by atoms with E-state index in [2.05, 4.69) is 42.4 Å². The summed E-state index contributed by atoms with van der Waals surface area (Å²) in [4.78, 5) is 2.42. The Kier molecular flexibility index (Phi) is 6.93. The van der Waals surface area contributed by atoms with Crippen molar-refractivity contribution in [1.82, 2.24) is 20.1 Å². The van der Waals surface area contributed by atoms with Crippen molar-refractivity contribution in [3.8, 4) is 0 Å². The molecule has 0 aliphatic rings. The molecule has 0 aromatic carbocycles. The summed E-state index contributed by atoms with van der Waals surface area (Å²) in [5.41, 5.74) is 4.17. The van der Waals surface area contributed by atoms with Crippen LogP contribution in [0, 0.1) is 0 Å². The van der Waals surface area contributed by atoms with Crippen molar-refractivity contribution in [2.45, 2.75) is 46.2 Å². The van der Waals surface area contributed by atoms with Gasteiger partial charge in [-0.15, -0.1) is 0 Å². The molecule has 104 valence electrons. The third-order valence-corrected chi connectivity index (χ3v) is 3.42. The fourth-order valence-corrected chi connectivity index (χ4v) is 2.09. The molecule has 1 unspecified atom stereocenters. The third-order valence-electron chi connectivity index (χ3n) is 3.42. The van der Waals surface area contributed by atoms with Gasteiger partial charge in [0.25, 0.3) is 0 Å². The first-order chi connectivity index (χ1) is 8.73. The number of hydrogen-bond acceptors (Lipinski definition) is 4. The summed E-state index contributed by atoms with van der Waals surface area (Å²) in [7, 11) is 0. The second-order valence-corrected chi connectivity index (χ2v) is 4.59. The molecule has 18 heavy (non-hydrogen) atoms. The number of aryl methyl sites for hydroxylation is 1. The second-order valence-electron chi connectivity index (χ2n) is 4.59. The van der Waals surface area contributed by atoms with Crippen molar-refractivity contribution < 1.29 is 0 Å². The van der Waals surface area contributed by atoms with Crippen LogP contribution in [-0.2, 0) is 13.0 Å². The van der Waals surface area contributed by atoms with Gasteiger partial charge in [-0.3, -0.25) is 16.0 Å². The molecule has 5 nitrogen and oxygen atoms in total. The molecule has 1 aromatic rings. The minimum Gasteiger partial charge on any atom is -0.304 e. The standard InChI is InChI=1S/C13H27N5/c1-4-17(5-2)8-7-13(16-14)9-12-10-15-18(6-3)11-12/h10-11,13,16H,4-9,14H2,1-3H3. The number of hydrazine groups is 1. The Bertz CT molecular complexity index is 319. The van der Waals surface area contributed by atoms with E-state index in [1.54, 1.807) is 0 Å². The van der Waals surface area contributed by atoms with Crippen LogP contribution in [0.15, 0.2) is 12.4 Å². The van der Waals surface area contributed by atoms with Gasteiger partial charge in [0.05, 0.1) is 6.20 Å². The van der Waals surface area contributed by atoms with Gasteiger partial charge in [0.2, 0.25) is 0 Å². The van der Waals surface area contributed by atoms with Crippen LogP contribution in [0.5, 0.6) is 0 Å². The molecule has 1 atom stereocenters. The van der Waals surface area contributed by atoms with E-state index >= 15 is 0 Å². The van der Waals surface area contributed by atoms with Crippen molar-refractivity contribution in [2.24, 2.45) is 5.84 Å². The molecular formula is C13H27N5. The van der Waals surface area contributed by atoms with Gasteiger partial charge in [0, 0.05) is 18.8 Å². The summed E-state index contributed by atoms with van der Waals surface area (Å²) in [5, 5.41) is 4.29. The van der Waals surface area contributed by atoms with Gasteiger partial charge in [-0.05, 0) is 45.0 Å². The predicted molar refractivity (Wildman–Crippen MR) is 75.1 cm³/mol. The highest BCUT2D eigenvalue weighted by molar-refractivity contribution is 5.06. The van der Waals surface area contributed by atoms with Gasteiger partial charge in [0.15, 0.2) is 0 Å². The zero-order valence-electron chi connectivity index (χ0n) is 11.9. The van der Waals surface area contributed by atoms with Gasteiger partial charge in [-0.1, -0.05) is 13.8 Å². The summed E-state index contributed by atoms with van der Waals surface area (Å²) in [6, 6.07) is 0.320. The number of aromatic nitrogens is 2. The Morgan fingerprint density at radius 2 is 2.11 bits per heavy atom. The average molecular weight is 253 g/mol. The topological polar surface area (TPSA) is 59.1 Å². The Morgan fingerprint density at radius 3 is 2.61 bits per heavy atom. The molecule has 0 fully saturated rings. The first-order valence-corrected chi connectivity index (χ1v) is 6.93. The Balaban J connectivity index is 2.41. The Hall–Kier alpha value is -0.910. The van der Waals surface area contributed by atoms with Crippen molar-refractivity contribution in [2.75, 3.05) is 19.6 Å². The van der Waals surface area contributed by atoms with E-state index in [1.807, 2.05) is 10.9 Å². The lowest BCUT2D eigenvalue weighted by Gasteiger charge is -2.22. The highest BCUT2D eigenvalue weighted by Gasteiger charge is 2.10. The van der Waals surface area contributed by atoms with E-state index in [0.29, 0.717) is 6.04 Å². The highest BCUT2D eigenvalue weighted by Crippen LogP contribution is 2.06. The number of nitrogens with zero attached hydrogens (tertiary/aromatic N) is 3. The monoisotopic (exact) mass is 253 g/mol. The summed E-state index contributed by atoms with van der Waals surface area (Å²) < 4.78 is 1.95. The van der Waals surface area contributed by atoms with Gasteiger partial charge in [-0.25, -0.2) is 0 Å². The Labute approximate surface area is 110 Å². The number of nitrogens with one attached hydrogen (secondary N) is 1. The fraction of sp³-hybridized carbons (Fsp3) is 0.769. The molecule has 0 radical (unpaired) electrons. The fourth-order valence-electron chi connectivity index (χ4n) is 2.09. The first kappa shape index (κ1) is 15.1. The zero-order chi connectivity index (χ0) is 13.4. The van der Waals surface area contributed by atoms with E-state index < -0.39 is 0 Å². The molecule has 0 amide bonds. The maximum Gasteiger partial charge on any atom is 0.0522 e. The van der Waals surface area contributed by atoms with Crippen molar-refractivity contribution in [3.05, 3.63) is 18.0 Å². The highest BCUT2D eigenvalue weighted by atomic mass is 15.3. The van der Waals surface area contributed by atoms with Gasteiger partial charge < -0.3 is 4.90 Å². The third kappa shape index (κ3) is 4.76. The number of rotatable bonds is 9. The summed E-state index contributed by atoms with van der Waals surface area (Å²) in [6.45, 7) is 10.7. The molecule has 1 aromatic heterocycles. The van der Waals surface area contributed by atoms with E-state index in [0.717, 1.165) is 39.0 Å². The molecule has 1 rings (SSSR count). The molecule has 0 spiro atoms. The summed E-state index contributed by atoms with van der Waals surface area (Å²) in [6.07, 6.45) is 6.04. The molecule has 0 saturated heterocycles. The van der Waals surface area contributed by atoms with Gasteiger partial charge >= 0.3 is 0 Å². The molecule has 0 aliphatic carbocycles. The zero-order valence-corrected chi connectivity index (χ0v) is 11.9. The van der Waals surface area contributed by atoms with Gasteiger partial charge in [-0.2, -0.15) is 5.10 Å². The minimum atomic E-state index is 0.320. The first-order valence-electron chi connectivity index (χ1n) is 6.93. The Morgan fingerprint density at radius 1 is 1.39 bits per heavy atom. The maximum atomic E-state index is 5.63. The number of hydrogen-bond donors (Lipinski definition) is 2. The van der Waals surface area contributed by atoms with E-state index in [9.17, 15) is 0 Å². The van der Waals surface area contributed by atoms with Crippen molar-refractivity contribution in [3.63, 3.8) is 0 Å². The van der Waals surface area contributed by atoms with Crippen molar-refractivity contribution >= 4 is 0 Å². The van der Waals surface area contributed by atoms with Crippen molar-refractivity contribution in [1.29, 1.82) is 0 Å². The lowest BCUT2D eigenvalue weighted by Crippen LogP contribution is -2.39. The lowest BCUT2D eigenvalue weighted by atomic mass is 10.1. The van der Waals surface area contributed by atoms with Crippen LogP contribution in [0.2, 0.25) is 0 Å². The van der Waals surface area contributed by atoms with Gasteiger partial charge in [0.1, 0.15) is 0 Å². The molecule has 0 bridgehead atoms. The smallest absolute Gasteiger partial charge is 0.0522 e. The number of nitrogens with two attached hydrogens (primary N) is 1. The second kappa shape index (κ2) is 8.24. The average Bonchev–Trinajstić information content (AvgIpc) is 2.86. The van der Waals surface area contributed by atoms with Crippen LogP contribution in [0.1, 0.15) is 32.8 Å². The minimum absolute atomic E-state index is 0.320. The van der Waals surface area contributed by atoms with Crippen LogP contribution >= 0.6 is 0 Å². The summed E-state index contributed by atoms with van der Waals surface area (Å²) >= 11 is 0. The molecule has 0 aliphatic heterocycles. The SMILES string of the molecule is CCN(CC)CCC(Cc1cnn(CC)c1)NN. The lowest BCUT2D eigenvalue weighted by molar-refractivity contribution is 0.281. The normalized spacial score (nSPS) is 13.2. The maximum absolute atomic E-state index is 5.63. The van der Waals surface area contributed by atoms with Crippen LogP contribution in [-0.4, -0.2) is 40.4 Å². The molecule has 0 saturated carbocycles. The van der Waals surface area contributed by atoms with Crippen LogP contribution in [0.25, 0.3) is 0 Å². The molecular weight excluding hydrogens is 226 g/mol. The molecule has 3 N–H and O–H groups in total. The summed E-state index contributed by atoms with van der Waals surface area (Å²) in [5.74, 6) is 5.63. The van der Waals surface area contributed by atoms with Crippen LogP contribution in [0.4, 0.5) is 0 Å². The van der Waals surface area contributed by atoms with E-state index in [-0.39, 0.29) is 0 Å². The predicted octanol–water partition coefficient (Wildman–Crippen LogP) is 1.01. The quantitative estimate of drug-likeness (QED) is 0.509.